The molecule has 0 unspecified atom stereocenters. The van der Waals surface area contributed by atoms with Crippen LogP contribution in [0.25, 0.3) is 10.8 Å². The van der Waals surface area contributed by atoms with Crippen LogP contribution in [0.1, 0.15) is 16.1 Å². The van der Waals surface area contributed by atoms with Crippen molar-refractivity contribution >= 4 is 17.2 Å². The molecule has 0 aliphatic heterocycles. The maximum Gasteiger partial charge on any atom is 0.263 e. The molecule has 18 heavy (non-hydrogen) atoms. The fourth-order valence-electron chi connectivity index (χ4n) is 1.26. The van der Waals surface area contributed by atoms with E-state index in [0.29, 0.717) is 28.7 Å². The molecule has 1 amide bonds. The Balaban J connectivity index is 2.04. The lowest BCUT2D eigenvalue weighted by atomic mass is 10.4. The molecule has 0 aliphatic rings. The summed E-state index contributed by atoms with van der Waals surface area (Å²) in [6.07, 6.45) is 5.30. The van der Waals surface area contributed by atoms with Crippen molar-refractivity contribution < 1.29 is 9.90 Å². The summed E-state index contributed by atoms with van der Waals surface area (Å²) in [6, 6.07) is 1.72. The Labute approximate surface area is 108 Å². The Morgan fingerprint density at radius 2 is 2.11 bits per heavy atom. The minimum atomic E-state index is -0.192. The summed E-state index contributed by atoms with van der Waals surface area (Å²) in [5, 5.41) is 11.9. The van der Waals surface area contributed by atoms with Crippen LogP contribution in [0.4, 0.5) is 0 Å². The normalized spacial score (nSPS) is 10.3. The van der Waals surface area contributed by atoms with Gasteiger partial charge in [0.2, 0.25) is 0 Å². The lowest BCUT2D eigenvalue weighted by molar-refractivity contribution is 0.0955. The standard InChI is InChI=1S/C11H12N4O2S/c16-6-2-5-14-10(17)8-7-15-11(18-8)9-12-3-1-4-13-9/h1,3-4,7,16H,2,5-6H2,(H,14,17). The molecule has 6 nitrogen and oxygen atoms in total. The van der Waals surface area contributed by atoms with E-state index in [1.165, 1.54) is 17.5 Å². The molecule has 2 N–H and O–H groups in total. The van der Waals surface area contributed by atoms with Gasteiger partial charge in [-0.2, -0.15) is 0 Å². The molecule has 94 valence electrons. The van der Waals surface area contributed by atoms with Crippen LogP contribution < -0.4 is 5.32 Å². The van der Waals surface area contributed by atoms with Gasteiger partial charge in [-0.1, -0.05) is 0 Å². The topological polar surface area (TPSA) is 88.0 Å². The van der Waals surface area contributed by atoms with Gasteiger partial charge in [0, 0.05) is 25.5 Å². The van der Waals surface area contributed by atoms with Crippen LogP contribution in [0.3, 0.4) is 0 Å². The van der Waals surface area contributed by atoms with Crippen molar-refractivity contribution in [2.75, 3.05) is 13.2 Å². The average molecular weight is 264 g/mol. The molecular weight excluding hydrogens is 252 g/mol. The van der Waals surface area contributed by atoms with Crippen molar-refractivity contribution in [1.29, 1.82) is 0 Å². The molecule has 0 radical (unpaired) electrons. The molecular formula is C11H12N4O2S. The van der Waals surface area contributed by atoms with Crippen molar-refractivity contribution in [2.24, 2.45) is 0 Å². The van der Waals surface area contributed by atoms with E-state index in [0.717, 1.165) is 0 Å². The molecule has 7 heteroatoms. The predicted molar refractivity (Wildman–Crippen MR) is 67.2 cm³/mol. The lowest BCUT2D eigenvalue weighted by Crippen LogP contribution is -2.24. The SMILES string of the molecule is O=C(NCCCO)c1cnc(-c2ncccn2)s1. The molecule has 2 heterocycles. The number of hydrogen-bond donors (Lipinski definition) is 2. The summed E-state index contributed by atoms with van der Waals surface area (Å²) in [5.41, 5.74) is 0. The zero-order valence-electron chi connectivity index (χ0n) is 9.54. The molecule has 0 bridgehead atoms. The van der Waals surface area contributed by atoms with E-state index in [2.05, 4.69) is 20.3 Å². The summed E-state index contributed by atoms with van der Waals surface area (Å²) < 4.78 is 0. The first-order valence-electron chi connectivity index (χ1n) is 5.43. The zero-order valence-corrected chi connectivity index (χ0v) is 10.4. The highest BCUT2D eigenvalue weighted by Crippen LogP contribution is 2.21. The van der Waals surface area contributed by atoms with Crippen molar-refractivity contribution in [1.82, 2.24) is 20.3 Å². The number of aromatic nitrogens is 3. The number of nitrogens with zero attached hydrogens (tertiary/aromatic N) is 3. The lowest BCUT2D eigenvalue weighted by Gasteiger charge is -2.00. The molecule has 0 spiro atoms. The zero-order chi connectivity index (χ0) is 12.8. The largest absolute Gasteiger partial charge is 0.396 e. The Hall–Kier alpha value is -1.86. The van der Waals surface area contributed by atoms with Crippen LogP contribution in [0.2, 0.25) is 0 Å². The second kappa shape index (κ2) is 6.18. The highest BCUT2D eigenvalue weighted by molar-refractivity contribution is 7.16. The Morgan fingerprint density at radius 1 is 1.33 bits per heavy atom. The Bertz CT molecular complexity index is 515. The van der Waals surface area contributed by atoms with E-state index >= 15 is 0 Å². The summed E-state index contributed by atoms with van der Waals surface area (Å²) >= 11 is 1.24. The number of carbonyl (C=O) groups is 1. The number of nitrogens with one attached hydrogen (secondary N) is 1. The van der Waals surface area contributed by atoms with Gasteiger partial charge in [0.15, 0.2) is 10.8 Å². The van der Waals surface area contributed by atoms with Crippen LogP contribution in [0, 0.1) is 0 Å². The van der Waals surface area contributed by atoms with Crippen molar-refractivity contribution in [3.63, 3.8) is 0 Å². The fourth-order valence-corrected chi connectivity index (χ4v) is 2.04. The third kappa shape index (κ3) is 3.08. The van der Waals surface area contributed by atoms with Crippen LogP contribution in [0.15, 0.2) is 24.7 Å². The van der Waals surface area contributed by atoms with Gasteiger partial charge in [0.05, 0.1) is 6.20 Å². The number of amides is 1. The highest BCUT2D eigenvalue weighted by Gasteiger charge is 2.12. The molecule has 2 aromatic heterocycles. The number of aliphatic hydroxyl groups excluding tert-OH is 1. The molecule has 2 aromatic rings. The number of carbonyl (C=O) groups excluding carboxylic acids is 1. The van der Waals surface area contributed by atoms with Gasteiger partial charge in [-0.25, -0.2) is 15.0 Å². The summed E-state index contributed by atoms with van der Waals surface area (Å²) in [7, 11) is 0. The van der Waals surface area contributed by atoms with Crippen molar-refractivity contribution in [3.05, 3.63) is 29.5 Å². The fraction of sp³-hybridized carbons (Fsp3) is 0.273. The minimum Gasteiger partial charge on any atom is -0.396 e. The molecule has 2 rings (SSSR count). The van der Waals surface area contributed by atoms with Gasteiger partial charge in [-0.3, -0.25) is 4.79 Å². The van der Waals surface area contributed by atoms with E-state index in [-0.39, 0.29) is 12.5 Å². The molecule has 0 atom stereocenters. The first kappa shape index (κ1) is 12.6. The maximum absolute atomic E-state index is 11.7. The molecule has 0 saturated carbocycles. The number of aliphatic hydroxyl groups is 1. The predicted octanol–water partition coefficient (Wildman–Crippen LogP) is 0.712. The van der Waals surface area contributed by atoms with E-state index in [1.54, 1.807) is 18.5 Å². The first-order chi connectivity index (χ1) is 8.81. The van der Waals surface area contributed by atoms with E-state index < -0.39 is 0 Å². The van der Waals surface area contributed by atoms with Crippen molar-refractivity contribution in [3.8, 4) is 10.8 Å². The van der Waals surface area contributed by atoms with Gasteiger partial charge in [0.1, 0.15) is 4.88 Å². The second-order valence-electron chi connectivity index (χ2n) is 3.44. The van der Waals surface area contributed by atoms with Crippen molar-refractivity contribution in [2.45, 2.75) is 6.42 Å². The van der Waals surface area contributed by atoms with E-state index in [1.807, 2.05) is 0 Å². The summed E-state index contributed by atoms with van der Waals surface area (Å²) in [5.74, 6) is 0.319. The van der Waals surface area contributed by atoms with Crippen LogP contribution in [0.5, 0.6) is 0 Å². The van der Waals surface area contributed by atoms with Gasteiger partial charge in [-0.15, -0.1) is 11.3 Å². The maximum atomic E-state index is 11.7. The van der Waals surface area contributed by atoms with E-state index in [9.17, 15) is 4.79 Å². The molecule has 0 aromatic carbocycles. The highest BCUT2D eigenvalue weighted by atomic mass is 32.1. The van der Waals surface area contributed by atoms with Crippen LogP contribution in [-0.2, 0) is 0 Å². The third-order valence-corrected chi connectivity index (χ3v) is 3.10. The first-order valence-corrected chi connectivity index (χ1v) is 6.25. The van der Waals surface area contributed by atoms with Gasteiger partial charge < -0.3 is 10.4 Å². The van der Waals surface area contributed by atoms with Gasteiger partial charge in [-0.05, 0) is 12.5 Å². The quantitative estimate of drug-likeness (QED) is 0.777. The molecule has 0 fully saturated rings. The van der Waals surface area contributed by atoms with Crippen LogP contribution >= 0.6 is 11.3 Å². The average Bonchev–Trinajstić information content (AvgIpc) is 2.89. The Kier molecular flexibility index (Phi) is 4.32. The van der Waals surface area contributed by atoms with Gasteiger partial charge in [0.25, 0.3) is 5.91 Å². The summed E-state index contributed by atoms with van der Waals surface area (Å²) in [4.78, 5) is 24.5. The molecule has 0 saturated heterocycles. The van der Waals surface area contributed by atoms with E-state index in [4.69, 9.17) is 5.11 Å². The number of hydrogen-bond acceptors (Lipinski definition) is 6. The third-order valence-electron chi connectivity index (χ3n) is 2.11. The number of thiazole rings is 1. The summed E-state index contributed by atoms with van der Waals surface area (Å²) in [6.45, 7) is 0.510. The number of rotatable bonds is 5. The monoisotopic (exact) mass is 264 g/mol. The molecule has 0 aliphatic carbocycles. The minimum absolute atomic E-state index is 0.0616. The second-order valence-corrected chi connectivity index (χ2v) is 4.47. The smallest absolute Gasteiger partial charge is 0.263 e. The van der Waals surface area contributed by atoms with Crippen LogP contribution in [-0.4, -0.2) is 39.1 Å². The Morgan fingerprint density at radius 3 is 2.83 bits per heavy atom. The van der Waals surface area contributed by atoms with Gasteiger partial charge >= 0.3 is 0 Å².